The summed E-state index contributed by atoms with van der Waals surface area (Å²) in [6, 6.07) is -0.319. The summed E-state index contributed by atoms with van der Waals surface area (Å²) in [7, 11) is 0. The number of aryl methyl sites for hydroxylation is 2. The van der Waals surface area contributed by atoms with Gasteiger partial charge in [-0.15, -0.1) is 0 Å². The summed E-state index contributed by atoms with van der Waals surface area (Å²) >= 11 is 0. The van der Waals surface area contributed by atoms with E-state index in [0.29, 0.717) is 18.9 Å². The first-order chi connectivity index (χ1) is 9.38. The highest BCUT2D eigenvalue weighted by molar-refractivity contribution is 5.73. The number of carbonyl (C=O) groups is 2. The predicted octanol–water partition coefficient (Wildman–Crippen LogP) is 1.59. The van der Waals surface area contributed by atoms with E-state index in [9.17, 15) is 9.59 Å². The van der Waals surface area contributed by atoms with Crippen molar-refractivity contribution in [3.63, 3.8) is 0 Å². The zero-order valence-electron chi connectivity index (χ0n) is 12.0. The van der Waals surface area contributed by atoms with Gasteiger partial charge in [-0.3, -0.25) is 4.79 Å². The summed E-state index contributed by atoms with van der Waals surface area (Å²) in [5, 5.41) is 13.9. The van der Waals surface area contributed by atoms with Crippen LogP contribution in [-0.4, -0.2) is 28.6 Å². The molecule has 1 heterocycles. The number of aliphatic carboxylic acids is 1. The van der Waals surface area contributed by atoms with Gasteiger partial charge < -0.3 is 20.2 Å². The number of rotatable bonds is 7. The van der Waals surface area contributed by atoms with Gasteiger partial charge in [0.25, 0.3) is 0 Å². The van der Waals surface area contributed by atoms with Crippen molar-refractivity contribution in [1.82, 2.24) is 15.6 Å². The third kappa shape index (κ3) is 5.73. The van der Waals surface area contributed by atoms with Gasteiger partial charge in [-0.2, -0.15) is 0 Å². The van der Waals surface area contributed by atoms with Gasteiger partial charge in [-0.05, 0) is 26.2 Å². The number of carboxylic acid groups (broad SMARTS) is 1. The molecular weight excluding hydrogens is 262 g/mol. The average molecular weight is 283 g/mol. The Morgan fingerprint density at radius 2 is 2.05 bits per heavy atom. The Kier molecular flexibility index (Phi) is 6.02. The molecule has 0 aromatic carbocycles. The van der Waals surface area contributed by atoms with Crippen LogP contribution in [0.2, 0.25) is 0 Å². The van der Waals surface area contributed by atoms with Crippen molar-refractivity contribution in [3.8, 4) is 0 Å². The van der Waals surface area contributed by atoms with E-state index in [2.05, 4.69) is 15.6 Å². The standard InChI is InChI=1S/C13H21N3O4/c1-8(4-5-12(17)18)6-14-13(19)15-7-11-16-9(2)10(3)20-11/h8H,4-7H2,1-3H3,(H,17,18)(H2,14,15,19). The SMILES string of the molecule is Cc1nc(CNC(=O)NCC(C)CCC(=O)O)oc1C. The van der Waals surface area contributed by atoms with Crippen molar-refractivity contribution in [3.05, 3.63) is 17.3 Å². The van der Waals surface area contributed by atoms with Crippen LogP contribution in [-0.2, 0) is 11.3 Å². The van der Waals surface area contributed by atoms with E-state index in [0.717, 1.165) is 11.5 Å². The van der Waals surface area contributed by atoms with Crippen LogP contribution in [0, 0.1) is 19.8 Å². The Morgan fingerprint density at radius 1 is 1.35 bits per heavy atom. The quantitative estimate of drug-likeness (QED) is 0.705. The number of oxazole rings is 1. The lowest BCUT2D eigenvalue weighted by Gasteiger charge is -2.11. The lowest BCUT2D eigenvalue weighted by molar-refractivity contribution is -0.137. The maximum Gasteiger partial charge on any atom is 0.315 e. The largest absolute Gasteiger partial charge is 0.481 e. The van der Waals surface area contributed by atoms with E-state index in [4.69, 9.17) is 9.52 Å². The molecule has 1 unspecified atom stereocenters. The number of hydrogen-bond donors (Lipinski definition) is 3. The second kappa shape index (κ2) is 7.52. The van der Waals surface area contributed by atoms with Gasteiger partial charge in [-0.1, -0.05) is 6.92 Å². The minimum atomic E-state index is -0.823. The molecule has 1 aromatic heterocycles. The van der Waals surface area contributed by atoms with Crippen molar-refractivity contribution in [1.29, 1.82) is 0 Å². The molecule has 1 atom stereocenters. The number of amides is 2. The summed E-state index contributed by atoms with van der Waals surface area (Å²) in [6.45, 7) is 6.21. The van der Waals surface area contributed by atoms with Gasteiger partial charge in [-0.25, -0.2) is 9.78 Å². The Labute approximate surface area is 117 Å². The molecule has 112 valence electrons. The molecule has 0 aliphatic rings. The molecular formula is C13H21N3O4. The molecule has 7 nitrogen and oxygen atoms in total. The van der Waals surface area contributed by atoms with Gasteiger partial charge in [0.2, 0.25) is 5.89 Å². The van der Waals surface area contributed by atoms with Crippen molar-refractivity contribution < 1.29 is 19.1 Å². The van der Waals surface area contributed by atoms with Crippen molar-refractivity contribution in [2.45, 2.75) is 40.2 Å². The molecule has 3 N–H and O–H groups in total. The van der Waals surface area contributed by atoms with E-state index in [1.165, 1.54) is 0 Å². The number of aromatic nitrogens is 1. The van der Waals surface area contributed by atoms with E-state index in [1.54, 1.807) is 0 Å². The molecule has 2 amide bonds. The zero-order chi connectivity index (χ0) is 15.1. The van der Waals surface area contributed by atoms with Gasteiger partial charge in [0.15, 0.2) is 0 Å². The van der Waals surface area contributed by atoms with Gasteiger partial charge in [0, 0.05) is 13.0 Å². The Balaban J connectivity index is 2.21. The number of urea groups is 1. The zero-order valence-corrected chi connectivity index (χ0v) is 12.0. The molecule has 0 fully saturated rings. The third-order valence-electron chi connectivity index (χ3n) is 2.94. The Hall–Kier alpha value is -2.05. The highest BCUT2D eigenvalue weighted by Gasteiger charge is 2.09. The summed E-state index contributed by atoms with van der Waals surface area (Å²) in [4.78, 5) is 26.1. The van der Waals surface area contributed by atoms with Crippen LogP contribution in [0.5, 0.6) is 0 Å². The predicted molar refractivity (Wildman–Crippen MR) is 72.2 cm³/mol. The topological polar surface area (TPSA) is 104 Å². The average Bonchev–Trinajstić information content (AvgIpc) is 2.70. The molecule has 1 rings (SSSR count). The van der Waals surface area contributed by atoms with Gasteiger partial charge >= 0.3 is 12.0 Å². The first-order valence-electron chi connectivity index (χ1n) is 6.55. The van der Waals surface area contributed by atoms with Crippen LogP contribution >= 0.6 is 0 Å². The third-order valence-corrected chi connectivity index (χ3v) is 2.94. The maximum atomic E-state index is 11.5. The molecule has 0 spiro atoms. The van der Waals surface area contributed by atoms with Crippen LogP contribution in [0.15, 0.2) is 4.42 Å². The van der Waals surface area contributed by atoms with Crippen LogP contribution in [0.1, 0.15) is 37.1 Å². The van der Waals surface area contributed by atoms with E-state index in [-0.39, 0.29) is 24.9 Å². The summed E-state index contributed by atoms with van der Waals surface area (Å²) in [6.07, 6.45) is 0.646. The van der Waals surface area contributed by atoms with Crippen molar-refractivity contribution >= 4 is 12.0 Å². The Bertz CT molecular complexity index is 451. The van der Waals surface area contributed by atoms with E-state index in [1.807, 2.05) is 20.8 Å². The molecule has 0 bridgehead atoms. The fraction of sp³-hybridized carbons (Fsp3) is 0.615. The lowest BCUT2D eigenvalue weighted by Crippen LogP contribution is -2.37. The van der Waals surface area contributed by atoms with Crippen LogP contribution in [0.3, 0.4) is 0 Å². The molecule has 1 aromatic rings. The second-order valence-corrected chi connectivity index (χ2v) is 4.85. The number of hydrogen-bond acceptors (Lipinski definition) is 4. The fourth-order valence-electron chi connectivity index (χ4n) is 1.57. The number of nitrogens with zero attached hydrogens (tertiary/aromatic N) is 1. The normalized spacial score (nSPS) is 11.9. The van der Waals surface area contributed by atoms with E-state index < -0.39 is 5.97 Å². The molecule has 0 radical (unpaired) electrons. The minimum absolute atomic E-state index is 0.110. The summed E-state index contributed by atoms with van der Waals surface area (Å²) in [5.74, 6) is 0.498. The highest BCUT2D eigenvalue weighted by Crippen LogP contribution is 2.07. The maximum absolute atomic E-state index is 11.5. The molecule has 0 aliphatic heterocycles. The van der Waals surface area contributed by atoms with Crippen LogP contribution < -0.4 is 10.6 Å². The summed E-state index contributed by atoms with van der Waals surface area (Å²) < 4.78 is 5.34. The molecule has 20 heavy (non-hydrogen) atoms. The minimum Gasteiger partial charge on any atom is -0.481 e. The fourth-order valence-corrected chi connectivity index (χ4v) is 1.57. The molecule has 0 aliphatic carbocycles. The van der Waals surface area contributed by atoms with Crippen LogP contribution in [0.25, 0.3) is 0 Å². The van der Waals surface area contributed by atoms with Gasteiger partial charge in [0.1, 0.15) is 5.76 Å². The first kappa shape index (κ1) is 16.0. The Morgan fingerprint density at radius 3 is 2.60 bits per heavy atom. The second-order valence-electron chi connectivity index (χ2n) is 4.85. The monoisotopic (exact) mass is 283 g/mol. The highest BCUT2D eigenvalue weighted by atomic mass is 16.4. The number of carboxylic acids is 1. The lowest BCUT2D eigenvalue weighted by atomic mass is 10.1. The number of carbonyl (C=O) groups excluding carboxylic acids is 1. The first-order valence-corrected chi connectivity index (χ1v) is 6.55. The van der Waals surface area contributed by atoms with Gasteiger partial charge in [0.05, 0.1) is 12.2 Å². The summed E-state index contributed by atoms with van der Waals surface area (Å²) in [5.41, 5.74) is 0.810. The number of nitrogens with one attached hydrogen (secondary N) is 2. The van der Waals surface area contributed by atoms with Crippen molar-refractivity contribution in [2.24, 2.45) is 5.92 Å². The molecule has 7 heteroatoms. The van der Waals surface area contributed by atoms with Crippen molar-refractivity contribution in [2.75, 3.05) is 6.54 Å². The van der Waals surface area contributed by atoms with E-state index >= 15 is 0 Å². The molecule has 0 saturated carbocycles. The van der Waals surface area contributed by atoms with Crippen LogP contribution in [0.4, 0.5) is 4.79 Å². The smallest absolute Gasteiger partial charge is 0.315 e. The molecule has 0 saturated heterocycles.